The van der Waals surface area contributed by atoms with E-state index in [-0.39, 0.29) is 4.90 Å². The SMILES string of the molecule is O=S(=O)(c1cccc(S)c1S)N1CCOCC1. The van der Waals surface area contributed by atoms with E-state index in [2.05, 4.69) is 25.3 Å². The predicted molar refractivity (Wildman–Crippen MR) is 70.5 cm³/mol. The van der Waals surface area contributed by atoms with Gasteiger partial charge in [0.15, 0.2) is 0 Å². The molecule has 4 nitrogen and oxygen atoms in total. The maximum Gasteiger partial charge on any atom is 0.244 e. The molecule has 0 radical (unpaired) electrons. The van der Waals surface area contributed by atoms with E-state index in [1.54, 1.807) is 18.2 Å². The van der Waals surface area contributed by atoms with Gasteiger partial charge in [0.1, 0.15) is 0 Å². The molecule has 17 heavy (non-hydrogen) atoms. The second kappa shape index (κ2) is 5.19. The third-order valence-electron chi connectivity index (χ3n) is 2.57. The lowest BCUT2D eigenvalue weighted by Crippen LogP contribution is -2.40. The Hall–Kier alpha value is -0.210. The molecule has 7 heteroatoms. The standard InChI is InChI=1S/C10H13NO3S3/c12-17(13,11-4-6-14-7-5-11)9-3-1-2-8(15)10(9)16/h1-3,15-16H,4-7H2. The number of ether oxygens (including phenoxy) is 1. The van der Waals surface area contributed by atoms with Crippen molar-refractivity contribution >= 4 is 35.3 Å². The Balaban J connectivity index is 2.40. The predicted octanol–water partition coefficient (Wildman–Crippen LogP) is 1.28. The molecule has 1 aromatic rings. The molecule has 0 spiro atoms. The molecule has 1 saturated heterocycles. The van der Waals surface area contributed by atoms with Crippen molar-refractivity contribution in [3.8, 4) is 0 Å². The van der Waals surface area contributed by atoms with Gasteiger partial charge in [-0.2, -0.15) is 4.31 Å². The van der Waals surface area contributed by atoms with E-state index >= 15 is 0 Å². The highest BCUT2D eigenvalue weighted by molar-refractivity contribution is 7.90. The summed E-state index contributed by atoms with van der Waals surface area (Å²) in [5, 5.41) is 0. The molecule has 1 aromatic carbocycles. The molecule has 1 heterocycles. The minimum absolute atomic E-state index is 0.204. The van der Waals surface area contributed by atoms with Gasteiger partial charge in [-0.15, -0.1) is 25.3 Å². The monoisotopic (exact) mass is 291 g/mol. The first-order valence-corrected chi connectivity index (χ1v) is 7.46. The van der Waals surface area contributed by atoms with E-state index in [0.29, 0.717) is 36.1 Å². The summed E-state index contributed by atoms with van der Waals surface area (Å²) in [6.45, 7) is 1.63. The highest BCUT2D eigenvalue weighted by Gasteiger charge is 2.28. The third-order valence-corrected chi connectivity index (χ3v) is 5.69. The molecule has 0 aromatic heterocycles. The minimum Gasteiger partial charge on any atom is -0.379 e. The quantitative estimate of drug-likeness (QED) is 0.807. The van der Waals surface area contributed by atoms with Crippen LogP contribution in [0.15, 0.2) is 32.9 Å². The van der Waals surface area contributed by atoms with Crippen LogP contribution in [0.25, 0.3) is 0 Å². The Kier molecular flexibility index (Phi) is 4.04. The highest BCUT2D eigenvalue weighted by Crippen LogP contribution is 2.28. The number of hydrogen-bond donors (Lipinski definition) is 2. The summed E-state index contributed by atoms with van der Waals surface area (Å²) < 4.78 is 31.3. The van der Waals surface area contributed by atoms with Crippen molar-refractivity contribution in [3.05, 3.63) is 18.2 Å². The van der Waals surface area contributed by atoms with Crippen molar-refractivity contribution in [2.24, 2.45) is 0 Å². The topological polar surface area (TPSA) is 46.6 Å². The molecule has 2 rings (SSSR count). The van der Waals surface area contributed by atoms with Crippen molar-refractivity contribution in [2.75, 3.05) is 26.3 Å². The average molecular weight is 291 g/mol. The maximum atomic E-state index is 12.3. The smallest absolute Gasteiger partial charge is 0.244 e. The summed E-state index contributed by atoms with van der Waals surface area (Å²) >= 11 is 8.39. The van der Waals surface area contributed by atoms with Gasteiger partial charge in [-0.25, -0.2) is 8.42 Å². The van der Waals surface area contributed by atoms with Gasteiger partial charge in [-0.3, -0.25) is 0 Å². The molecule has 1 fully saturated rings. The lowest BCUT2D eigenvalue weighted by molar-refractivity contribution is 0.0729. The van der Waals surface area contributed by atoms with Crippen molar-refractivity contribution < 1.29 is 13.2 Å². The maximum absolute atomic E-state index is 12.3. The van der Waals surface area contributed by atoms with E-state index in [4.69, 9.17) is 4.74 Å². The number of thiol groups is 2. The number of morpholine rings is 1. The Labute approximate surface area is 112 Å². The lowest BCUT2D eigenvalue weighted by atomic mass is 10.4. The largest absolute Gasteiger partial charge is 0.379 e. The van der Waals surface area contributed by atoms with Crippen LogP contribution in [0.4, 0.5) is 0 Å². The van der Waals surface area contributed by atoms with Crippen LogP contribution in [0, 0.1) is 0 Å². The third kappa shape index (κ3) is 2.63. The number of sulfonamides is 1. The fraction of sp³-hybridized carbons (Fsp3) is 0.400. The molecular formula is C10H13NO3S3. The zero-order chi connectivity index (χ0) is 12.5. The molecule has 1 aliphatic heterocycles. The number of rotatable bonds is 2. The molecule has 0 aliphatic carbocycles. The number of nitrogens with zero attached hydrogens (tertiary/aromatic N) is 1. The molecule has 0 unspecified atom stereocenters. The van der Waals surface area contributed by atoms with Gasteiger partial charge < -0.3 is 4.74 Å². The van der Waals surface area contributed by atoms with Crippen molar-refractivity contribution in [3.63, 3.8) is 0 Å². The van der Waals surface area contributed by atoms with Crippen LogP contribution in [0.2, 0.25) is 0 Å². The van der Waals surface area contributed by atoms with Gasteiger partial charge in [0.05, 0.1) is 18.1 Å². The van der Waals surface area contributed by atoms with Gasteiger partial charge in [-0.05, 0) is 12.1 Å². The first-order valence-electron chi connectivity index (χ1n) is 5.12. The zero-order valence-electron chi connectivity index (χ0n) is 9.04. The van der Waals surface area contributed by atoms with E-state index < -0.39 is 10.0 Å². The Morgan fingerprint density at radius 1 is 1.18 bits per heavy atom. The summed E-state index contributed by atoms with van der Waals surface area (Å²) in [6.07, 6.45) is 0. The molecule has 0 N–H and O–H groups in total. The van der Waals surface area contributed by atoms with Crippen LogP contribution in [-0.4, -0.2) is 39.0 Å². The van der Waals surface area contributed by atoms with E-state index in [9.17, 15) is 8.42 Å². The van der Waals surface area contributed by atoms with Crippen molar-refractivity contribution in [2.45, 2.75) is 14.7 Å². The Bertz CT molecular complexity index is 510. The van der Waals surface area contributed by atoms with E-state index in [1.165, 1.54) is 4.31 Å². The lowest BCUT2D eigenvalue weighted by Gasteiger charge is -2.26. The molecule has 94 valence electrons. The molecule has 0 saturated carbocycles. The average Bonchev–Trinajstić information content (AvgIpc) is 2.33. The van der Waals surface area contributed by atoms with Crippen LogP contribution >= 0.6 is 25.3 Å². The van der Waals surface area contributed by atoms with Crippen LogP contribution in [0.5, 0.6) is 0 Å². The summed E-state index contributed by atoms with van der Waals surface area (Å²) in [7, 11) is -3.49. The van der Waals surface area contributed by atoms with Crippen molar-refractivity contribution in [1.29, 1.82) is 0 Å². The normalized spacial score (nSPS) is 18.2. The minimum atomic E-state index is -3.49. The van der Waals surface area contributed by atoms with Crippen LogP contribution < -0.4 is 0 Å². The van der Waals surface area contributed by atoms with Crippen LogP contribution in [-0.2, 0) is 14.8 Å². The number of benzene rings is 1. The highest BCUT2D eigenvalue weighted by atomic mass is 32.2. The molecule has 1 aliphatic rings. The molecule has 0 bridgehead atoms. The molecule has 0 atom stereocenters. The van der Waals surface area contributed by atoms with Gasteiger partial charge in [0.25, 0.3) is 0 Å². The zero-order valence-corrected chi connectivity index (χ0v) is 11.6. The van der Waals surface area contributed by atoms with Gasteiger partial charge in [-0.1, -0.05) is 6.07 Å². The summed E-state index contributed by atoms with van der Waals surface area (Å²) in [5.41, 5.74) is 0. The fourth-order valence-electron chi connectivity index (χ4n) is 1.64. The Morgan fingerprint density at radius 3 is 2.47 bits per heavy atom. The number of hydrogen-bond acceptors (Lipinski definition) is 5. The van der Waals surface area contributed by atoms with Crippen molar-refractivity contribution in [1.82, 2.24) is 4.31 Å². The van der Waals surface area contributed by atoms with Crippen LogP contribution in [0.1, 0.15) is 0 Å². The van der Waals surface area contributed by atoms with Gasteiger partial charge in [0, 0.05) is 22.9 Å². The van der Waals surface area contributed by atoms with Crippen LogP contribution in [0.3, 0.4) is 0 Å². The van der Waals surface area contributed by atoms with E-state index in [1.807, 2.05) is 0 Å². The second-order valence-electron chi connectivity index (χ2n) is 3.64. The molecular weight excluding hydrogens is 278 g/mol. The fourth-order valence-corrected chi connectivity index (χ4v) is 3.94. The van der Waals surface area contributed by atoms with Gasteiger partial charge in [0.2, 0.25) is 10.0 Å². The first-order chi connectivity index (χ1) is 8.03. The summed E-state index contributed by atoms with van der Waals surface area (Å²) in [5.74, 6) is 0. The molecule has 0 amide bonds. The summed E-state index contributed by atoms with van der Waals surface area (Å²) in [4.78, 5) is 1.15. The summed E-state index contributed by atoms with van der Waals surface area (Å²) in [6, 6.07) is 4.92. The second-order valence-corrected chi connectivity index (χ2v) is 6.48. The first kappa shape index (κ1) is 13.2. The van der Waals surface area contributed by atoms with Gasteiger partial charge >= 0.3 is 0 Å². The Morgan fingerprint density at radius 2 is 1.82 bits per heavy atom. The van der Waals surface area contributed by atoms with E-state index in [0.717, 1.165) is 0 Å².